The predicted octanol–water partition coefficient (Wildman–Crippen LogP) is 8.17. The first-order valence-electron chi connectivity index (χ1n) is 19.8. The second-order valence-electron chi connectivity index (χ2n) is 15.6. The zero-order chi connectivity index (χ0) is 38.4. The minimum Gasteiger partial charge on any atom is -0.534 e. The van der Waals surface area contributed by atoms with E-state index in [1.165, 1.54) is 27.3 Å². The molecule has 1 saturated heterocycles. The molecule has 7 nitrogen and oxygen atoms in total. The molecular formula is C45H61N3O4SSi. The lowest BCUT2D eigenvalue weighted by Gasteiger charge is -2.43. The van der Waals surface area contributed by atoms with Crippen LogP contribution in [-0.2, 0) is 6.42 Å². The van der Waals surface area contributed by atoms with E-state index in [0.29, 0.717) is 23.6 Å². The minimum absolute atomic E-state index is 0.128. The van der Waals surface area contributed by atoms with Gasteiger partial charge in [0.1, 0.15) is 24.2 Å². The highest BCUT2D eigenvalue weighted by atomic mass is 32.2. The van der Waals surface area contributed by atoms with Gasteiger partial charge in [0.05, 0.1) is 0 Å². The van der Waals surface area contributed by atoms with Crippen LogP contribution in [0.15, 0.2) is 114 Å². The van der Waals surface area contributed by atoms with Crippen molar-refractivity contribution >= 4 is 36.5 Å². The van der Waals surface area contributed by atoms with Crippen LogP contribution in [0, 0.1) is 0 Å². The molecule has 4 aromatic carbocycles. The number of carbonyl (C=O) groups excluding carboxylic acids is 1. The Balaban J connectivity index is 1.03. The number of hydrogen-bond donors (Lipinski definition) is 3. The number of carbonyl (C=O) groups is 1. The fraction of sp³-hybridized carbons (Fsp3) is 0.444. The fourth-order valence-corrected chi connectivity index (χ4v) is 13.2. The van der Waals surface area contributed by atoms with E-state index in [1.807, 2.05) is 40.9 Å². The smallest absolute Gasteiger partial charge is 0.319 e. The van der Waals surface area contributed by atoms with Crippen LogP contribution in [0.1, 0.15) is 78.2 Å². The number of ether oxygens (including phenoxy) is 1. The summed E-state index contributed by atoms with van der Waals surface area (Å²) in [5.41, 5.74) is 6.90. The highest BCUT2D eigenvalue weighted by Crippen LogP contribution is 2.38. The quantitative estimate of drug-likeness (QED) is 0.0507. The molecule has 0 aromatic heterocycles. The first-order valence-corrected chi connectivity index (χ1v) is 22.6. The number of nitrogens with one attached hydrogen (secondary N) is 1. The maximum absolute atomic E-state index is 11.8. The lowest BCUT2D eigenvalue weighted by atomic mass is 9.97. The molecule has 1 fully saturated rings. The topological polar surface area (TPSA) is 97.1 Å². The van der Waals surface area contributed by atoms with E-state index in [0.717, 1.165) is 63.8 Å². The van der Waals surface area contributed by atoms with Crippen molar-refractivity contribution in [2.24, 2.45) is 5.73 Å². The van der Waals surface area contributed by atoms with Crippen LogP contribution in [0.2, 0.25) is 5.04 Å². The van der Waals surface area contributed by atoms with Crippen LogP contribution in [-0.4, -0.2) is 68.0 Å². The summed E-state index contributed by atoms with van der Waals surface area (Å²) < 4.78 is 13.1. The number of aliphatic hydroxyl groups excluding tert-OH is 1. The molecule has 1 aliphatic rings. The van der Waals surface area contributed by atoms with Gasteiger partial charge in [0.2, 0.25) is 0 Å². The molecule has 3 atom stereocenters. The van der Waals surface area contributed by atoms with E-state index in [4.69, 9.17) is 14.9 Å². The maximum atomic E-state index is 11.8. The Morgan fingerprint density at radius 3 is 2.15 bits per heavy atom. The molecule has 54 heavy (non-hydrogen) atoms. The van der Waals surface area contributed by atoms with Crippen LogP contribution in [0.3, 0.4) is 0 Å². The SMILES string of the molecule is CCC(CCCC1CCCCN1C(N)=O)Sc1ccc(CCNC[C@H](O)COc2ccc(O[Si](c3ccccc3)(c3ccccc3)C(C)(C)C)cc2)cc1. The Hall–Kier alpha value is -3.76. The number of hydrogen-bond acceptors (Lipinski definition) is 6. The summed E-state index contributed by atoms with van der Waals surface area (Å²) in [5.74, 6) is 1.51. The molecule has 0 saturated carbocycles. The van der Waals surface area contributed by atoms with E-state index >= 15 is 0 Å². The molecular weight excluding hydrogens is 707 g/mol. The van der Waals surface area contributed by atoms with Crippen LogP contribution in [0.25, 0.3) is 0 Å². The molecule has 4 N–H and O–H groups in total. The molecule has 9 heteroatoms. The number of rotatable bonds is 19. The molecule has 2 amide bonds. The van der Waals surface area contributed by atoms with Gasteiger partial charge in [-0.3, -0.25) is 0 Å². The molecule has 2 unspecified atom stereocenters. The molecule has 290 valence electrons. The Morgan fingerprint density at radius 1 is 0.926 bits per heavy atom. The van der Waals surface area contributed by atoms with Crippen LogP contribution in [0.5, 0.6) is 11.5 Å². The lowest BCUT2D eigenvalue weighted by Crippen LogP contribution is -2.68. The monoisotopic (exact) mass is 767 g/mol. The third-order valence-electron chi connectivity index (χ3n) is 10.6. The van der Waals surface area contributed by atoms with Crippen molar-refractivity contribution in [2.75, 3.05) is 26.2 Å². The molecule has 4 aromatic rings. The van der Waals surface area contributed by atoms with Crippen molar-refractivity contribution in [3.8, 4) is 11.5 Å². The van der Waals surface area contributed by atoms with Crippen LogP contribution in [0.4, 0.5) is 4.79 Å². The van der Waals surface area contributed by atoms with Crippen molar-refractivity contribution in [3.63, 3.8) is 0 Å². The number of benzene rings is 4. The number of piperidine rings is 1. The Labute approximate surface area is 329 Å². The van der Waals surface area contributed by atoms with E-state index in [1.54, 1.807) is 0 Å². The number of nitrogens with two attached hydrogens (primary N) is 1. The number of amides is 2. The summed E-state index contributed by atoms with van der Waals surface area (Å²) in [4.78, 5) is 15.0. The zero-order valence-corrected chi connectivity index (χ0v) is 34.5. The minimum atomic E-state index is -2.72. The number of nitrogens with zero attached hydrogens (tertiary/aromatic N) is 1. The highest BCUT2D eigenvalue weighted by molar-refractivity contribution is 8.00. The molecule has 0 aliphatic carbocycles. The average Bonchev–Trinajstić information content (AvgIpc) is 3.18. The standard InChI is InChI=1S/C45H61N3O4SSi/c1-5-40(17-14-16-36-15-12-13-32-48(36)44(46)50)53-41-28-22-35(23-29-41)30-31-47-33-37(49)34-51-38-24-26-39(27-25-38)52-54(45(2,3)4,42-18-8-6-9-19-42)43-20-10-7-11-21-43/h6-11,18-29,36-37,40,47,49H,5,12-17,30-34H2,1-4H3,(H2,46,50)/t36?,37-,40?/m0/s1. The first-order chi connectivity index (χ1) is 26.1. The summed E-state index contributed by atoms with van der Waals surface area (Å²) in [5, 5.41) is 16.9. The second kappa shape index (κ2) is 20.2. The van der Waals surface area contributed by atoms with E-state index in [-0.39, 0.29) is 17.7 Å². The highest BCUT2D eigenvalue weighted by Gasteiger charge is 2.52. The third-order valence-corrected chi connectivity index (χ3v) is 17.0. The van der Waals surface area contributed by atoms with Gasteiger partial charge < -0.3 is 30.2 Å². The van der Waals surface area contributed by atoms with Crippen molar-refractivity contribution in [1.29, 1.82) is 0 Å². The molecule has 0 spiro atoms. The summed E-state index contributed by atoms with van der Waals surface area (Å²) >= 11 is 1.96. The average molecular weight is 768 g/mol. The Kier molecular flexibility index (Phi) is 15.5. The van der Waals surface area contributed by atoms with Gasteiger partial charge in [-0.25, -0.2) is 4.79 Å². The van der Waals surface area contributed by atoms with Crippen molar-refractivity contribution in [3.05, 3.63) is 115 Å². The first kappa shape index (κ1) is 41.4. The summed E-state index contributed by atoms with van der Waals surface area (Å²) in [6, 6.07) is 38.0. The van der Waals surface area contributed by atoms with Crippen LogP contribution >= 0.6 is 11.8 Å². The fourth-order valence-electron chi connectivity index (χ4n) is 7.63. The van der Waals surface area contributed by atoms with Crippen molar-refractivity contribution in [2.45, 2.75) is 106 Å². The second-order valence-corrected chi connectivity index (χ2v) is 21.2. The van der Waals surface area contributed by atoms with Gasteiger partial charge in [-0.05, 0) is 109 Å². The predicted molar refractivity (Wildman–Crippen MR) is 227 cm³/mol. The van der Waals surface area contributed by atoms with E-state index in [2.05, 4.69) is 118 Å². The molecule has 1 aliphatic heterocycles. The van der Waals surface area contributed by atoms with E-state index in [9.17, 15) is 9.90 Å². The van der Waals surface area contributed by atoms with Crippen LogP contribution < -0.4 is 30.6 Å². The molecule has 5 rings (SSSR count). The van der Waals surface area contributed by atoms with Gasteiger partial charge in [-0.2, -0.15) is 0 Å². The normalized spacial score (nSPS) is 16.1. The summed E-state index contributed by atoms with van der Waals surface area (Å²) in [6.45, 7) is 11.3. The Morgan fingerprint density at radius 2 is 1.56 bits per heavy atom. The number of aliphatic hydroxyl groups is 1. The van der Waals surface area contributed by atoms with Crippen molar-refractivity contribution in [1.82, 2.24) is 10.2 Å². The number of thioether (sulfide) groups is 1. The largest absolute Gasteiger partial charge is 0.534 e. The summed E-state index contributed by atoms with van der Waals surface area (Å²) in [6.07, 6.45) is 8.02. The van der Waals surface area contributed by atoms with Gasteiger partial charge >= 0.3 is 14.3 Å². The van der Waals surface area contributed by atoms with Gasteiger partial charge in [0, 0.05) is 29.3 Å². The lowest BCUT2D eigenvalue weighted by molar-refractivity contribution is 0.106. The summed E-state index contributed by atoms with van der Waals surface area (Å²) in [7, 11) is -2.72. The van der Waals surface area contributed by atoms with Gasteiger partial charge in [-0.1, -0.05) is 107 Å². The van der Waals surface area contributed by atoms with Gasteiger partial charge in [-0.15, -0.1) is 11.8 Å². The number of primary amides is 1. The zero-order valence-electron chi connectivity index (χ0n) is 32.7. The number of likely N-dealkylation sites (tertiary alicyclic amines) is 1. The molecule has 1 heterocycles. The van der Waals surface area contributed by atoms with Crippen molar-refractivity contribution < 1.29 is 19.1 Å². The maximum Gasteiger partial charge on any atom is 0.319 e. The third kappa shape index (κ3) is 11.4. The Bertz CT molecular complexity index is 1650. The molecule has 0 radical (unpaired) electrons. The van der Waals surface area contributed by atoms with Gasteiger partial charge in [0.15, 0.2) is 0 Å². The molecule has 0 bridgehead atoms. The van der Waals surface area contributed by atoms with Gasteiger partial charge in [0.25, 0.3) is 0 Å². The number of urea groups is 1. The van der Waals surface area contributed by atoms with E-state index < -0.39 is 14.4 Å².